The summed E-state index contributed by atoms with van der Waals surface area (Å²) in [5.41, 5.74) is 0.0808. The fourth-order valence-electron chi connectivity index (χ4n) is 1.48. The van der Waals surface area contributed by atoms with Crippen LogP contribution in [0, 0.1) is 21.8 Å². The summed E-state index contributed by atoms with van der Waals surface area (Å²) in [6, 6.07) is 3.57. The molecule has 1 N–H and O–H groups in total. The van der Waals surface area contributed by atoms with E-state index in [1.165, 1.54) is 6.07 Å². The predicted octanol–water partition coefficient (Wildman–Crippen LogP) is 3.58. The molecule has 0 bridgehead atoms. The molecule has 0 amide bonds. The number of benzene rings is 1. The maximum Gasteiger partial charge on any atom is 0.271 e. The average Bonchev–Trinajstić information content (AvgIpc) is 2.30. The van der Waals surface area contributed by atoms with E-state index in [0.717, 1.165) is 18.6 Å². The van der Waals surface area contributed by atoms with Crippen molar-refractivity contribution in [3.8, 4) is 0 Å². The number of nitro benzene ring substituents is 1. The summed E-state index contributed by atoms with van der Waals surface area (Å²) in [4.78, 5) is 10.1. The van der Waals surface area contributed by atoms with Crippen LogP contribution in [-0.4, -0.2) is 11.0 Å². The molecule has 0 aromatic heterocycles. The predicted molar refractivity (Wildman–Crippen MR) is 65.6 cm³/mol. The highest BCUT2D eigenvalue weighted by Crippen LogP contribution is 2.23. The number of halogens is 1. The van der Waals surface area contributed by atoms with Gasteiger partial charge in [0.25, 0.3) is 5.69 Å². The molecular weight excluding hydrogens is 223 g/mol. The van der Waals surface area contributed by atoms with E-state index in [-0.39, 0.29) is 17.4 Å². The van der Waals surface area contributed by atoms with Crippen molar-refractivity contribution in [2.45, 2.75) is 33.2 Å². The molecule has 2 atom stereocenters. The number of nitrogens with zero attached hydrogens (tertiary/aromatic N) is 1. The van der Waals surface area contributed by atoms with Gasteiger partial charge in [0.1, 0.15) is 5.82 Å². The van der Waals surface area contributed by atoms with Crippen LogP contribution in [0.2, 0.25) is 0 Å². The van der Waals surface area contributed by atoms with Crippen LogP contribution in [0.1, 0.15) is 27.2 Å². The van der Waals surface area contributed by atoms with Gasteiger partial charge in [0.2, 0.25) is 0 Å². The van der Waals surface area contributed by atoms with Crippen molar-refractivity contribution < 1.29 is 9.31 Å². The molecule has 0 spiro atoms. The van der Waals surface area contributed by atoms with Gasteiger partial charge in [-0.1, -0.05) is 20.3 Å². The number of hydrogen-bond acceptors (Lipinski definition) is 3. The summed E-state index contributed by atoms with van der Waals surface area (Å²) in [5.74, 6) is -0.0978. The zero-order valence-corrected chi connectivity index (χ0v) is 10.2. The minimum absolute atomic E-state index is 0.0662. The number of rotatable bonds is 5. The normalized spacial score (nSPS) is 14.1. The van der Waals surface area contributed by atoms with E-state index in [9.17, 15) is 14.5 Å². The van der Waals surface area contributed by atoms with Gasteiger partial charge in [0.05, 0.1) is 10.6 Å². The van der Waals surface area contributed by atoms with Crippen molar-refractivity contribution >= 4 is 11.4 Å². The zero-order valence-electron chi connectivity index (χ0n) is 10.2. The third kappa shape index (κ3) is 3.41. The number of nitro groups is 1. The second-order valence-electron chi connectivity index (χ2n) is 4.24. The summed E-state index contributed by atoms with van der Waals surface area (Å²) >= 11 is 0. The van der Waals surface area contributed by atoms with Gasteiger partial charge < -0.3 is 5.32 Å². The molecule has 94 valence electrons. The van der Waals surface area contributed by atoms with Crippen LogP contribution in [0.4, 0.5) is 15.8 Å². The van der Waals surface area contributed by atoms with Gasteiger partial charge in [0, 0.05) is 18.2 Å². The zero-order chi connectivity index (χ0) is 13.0. The molecule has 1 aromatic rings. The Morgan fingerprint density at radius 2 is 2.12 bits per heavy atom. The monoisotopic (exact) mass is 240 g/mol. The quantitative estimate of drug-likeness (QED) is 0.632. The molecule has 1 rings (SSSR count). The molecule has 0 aliphatic carbocycles. The van der Waals surface area contributed by atoms with Gasteiger partial charge in [-0.3, -0.25) is 10.1 Å². The minimum Gasteiger partial charge on any atom is -0.380 e. The highest BCUT2D eigenvalue weighted by atomic mass is 19.1. The van der Waals surface area contributed by atoms with Crippen LogP contribution in [0.15, 0.2) is 18.2 Å². The number of non-ortho nitro benzene ring substituents is 1. The first-order valence-corrected chi connectivity index (χ1v) is 5.66. The van der Waals surface area contributed by atoms with Crippen LogP contribution in [-0.2, 0) is 0 Å². The summed E-state index contributed by atoms with van der Waals surface area (Å²) in [6.45, 7) is 6.03. The molecule has 0 heterocycles. The third-order valence-corrected chi connectivity index (χ3v) is 3.04. The van der Waals surface area contributed by atoms with Crippen molar-refractivity contribution in [3.63, 3.8) is 0 Å². The van der Waals surface area contributed by atoms with Crippen LogP contribution >= 0.6 is 0 Å². The molecule has 17 heavy (non-hydrogen) atoms. The Labute approximate surface area is 100.0 Å². The first-order chi connectivity index (χ1) is 7.95. The van der Waals surface area contributed by atoms with E-state index >= 15 is 0 Å². The van der Waals surface area contributed by atoms with Gasteiger partial charge in [-0.15, -0.1) is 0 Å². The topological polar surface area (TPSA) is 55.2 Å². The third-order valence-electron chi connectivity index (χ3n) is 3.04. The minimum atomic E-state index is -0.529. The Morgan fingerprint density at radius 3 is 2.65 bits per heavy atom. The molecule has 4 nitrogen and oxygen atoms in total. The lowest BCUT2D eigenvalue weighted by atomic mass is 10.0. The first-order valence-electron chi connectivity index (χ1n) is 5.66. The average molecular weight is 240 g/mol. The molecule has 0 fully saturated rings. The first kappa shape index (κ1) is 13.4. The molecule has 0 aliphatic rings. The number of hydrogen-bond donors (Lipinski definition) is 1. The highest BCUT2D eigenvalue weighted by Gasteiger charge is 2.15. The fourth-order valence-corrected chi connectivity index (χ4v) is 1.48. The van der Waals surface area contributed by atoms with Crippen molar-refractivity contribution in [3.05, 3.63) is 34.1 Å². The molecule has 2 unspecified atom stereocenters. The maximum atomic E-state index is 13.5. The Bertz CT molecular complexity index is 409. The van der Waals surface area contributed by atoms with Crippen LogP contribution in [0.3, 0.4) is 0 Å². The number of anilines is 1. The van der Waals surface area contributed by atoms with E-state index in [0.29, 0.717) is 5.92 Å². The standard InChI is InChI=1S/C12H17FN2O2/c1-4-8(2)9(3)14-12-7-10(15(16)17)5-6-11(12)13/h5-9,14H,4H2,1-3H3. The second-order valence-corrected chi connectivity index (χ2v) is 4.24. The van der Waals surface area contributed by atoms with Gasteiger partial charge in [-0.25, -0.2) is 4.39 Å². The molecular formula is C12H17FN2O2. The molecule has 5 heteroatoms. The fraction of sp³-hybridized carbons (Fsp3) is 0.500. The van der Waals surface area contributed by atoms with E-state index in [1.54, 1.807) is 0 Å². The molecule has 0 aliphatic heterocycles. The van der Waals surface area contributed by atoms with E-state index < -0.39 is 10.7 Å². The lowest BCUT2D eigenvalue weighted by molar-refractivity contribution is -0.384. The van der Waals surface area contributed by atoms with Gasteiger partial charge in [-0.2, -0.15) is 0 Å². The van der Waals surface area contributed by atoms with Crippen molar-refractivity contribution in [2.75, 3.05) is 5.32 Å². The summed E-state index contributed by atoms with van der Waals surface area (Å²) in [5, 5.41) is 13.6. The van der Waals surface area contributed by atoms with Gasteiger partial charge >= 0.3 is 0 Å². The maximum absolute atomic E-state index is 13.5. The molecule has 0 saturated carbocycles. The smallest absolute Gasteiger partial charge is 0.271 e. The Morgan fingerprint density at radius 1 is 1.47 bits per heavy atom. The van der Waals surface area contributed by atoms with Gasteiger partial charge in [-0.05, 0) is 18.9 Å². The molecule has 1 aromatic carbocycles. The second kappa shape index (κ2) is 5.61. The van der Waals surface area contributed by atoms with Gasteiger partial charge in [0.15, 0.2) is 0 Å². The van der Waals surface area contributed by atoms with Crippen LogP contribution in [0.5, 0.6) is 0 Å². The summed E-state index contributed by atoms with van der Waals surface area (Å²) < 4.78 is 13.5. The van der Waals surface area contributed by atoms with Crippen LogP contribution < -0.4 is 5.32 Å². The van der Waals surface area contributed by atoms with E-state index in [1.807, 2.05) is 20.8 Å². The summed E-state index contributed by atoms with van der Waals surface area (Å²) in [6.07, 6.45) is 0.963. The lowest BCUT2D eigenvalue weighted by Crippen LogP contribution is -2.23. The van der Waals surface area contributed by atoms with E-state index in [4.69, 9.17) is 0 Å². The molecule has 0 radical (unpaired) electrons. The largest absolute Gasteiger partial charge is 0.380 e. The Kier molecular flexibility index (Phi) is 4.43. The highest BCUT2D eigenvalue weighted by molar-refractivity contribution is 5.52. The van der Waals surface area contributed by atoms with E-state index in [2.05, 4.69) is 5.32 Å². The Hall–Kier alpha value is -1.65. The van der Waals surface area contributed by atoms with Crippen molar-refractivity contribution in [1.82, 2.24) is 0 Å². The lowest BCUT2D eigenvalue weighted by Gasteiger charge is -2.21. The summed E-state index contributed by atoms with van der Waals surface area (Å²) in [7, 11) is 0. The van der Waals surface area contributed by atoms with Crippen molar-refractivity contribution in [1.29, 1.82) is 0 Å². The Balaban J connectivity index is 2.89. The molecule has 0 saturated heterocycles. The van der Waals surface area contributed by atoms with Crippen molar-refractivity contribution in [2.24, 2.45) is 5.92 Å². The number of nitrogens with one attached hydrogen (secondary N) is 1. The SMILES string of the molecule is CCC(C)C(C)Nc1cc([N+](=O)[O-])ccc1F. The van der Waals surface area contributed by atoms with Crippen LogP contribution in [0.25, 0.3) is 0 Å².